The van der Waals surface area contributed by atoms with Crippen molar-refractivity contribution in [2.24, 2.45) is 5.92 Å². The van der Waals surface area contributed by atoms with Gasteiger partial charge >= 0.3 is 0 Å². The fourth-order valence-electron chi connectivity index (χ4n) is 4.89. The highest BCUT2D eigenvalue weighted by Gasteiger charge is 2.40. The molecule has 0 radical (unpaired) electrons. The molecular formula is C19H23N3O. The third kappa shape index (κ3) is 2.04. The molecule has 1 aromatic heterocycles. The van der Waals surface area contributed by atoms with Gasteiger partial charge in [-0.05, 0) is 50.4 Å². The van der Waals surface area contributed by atoms with E-state index in [9.17, 15) is 4.79 Å². The molecular weight excluding hydrogens is 286 g/mol. The number of nitrogens with zero attached hydrogens (tertiary/aromatic N) is 3. The van der Waals surface area contributed by atoms with Crippen LogP contribution in [0.5, 0.6) is 0 Å². The smallest absolute Gasteiger partial charge is 0.256 e. The summed E-state index contributed by atoms with van der Waals surface area (Å²) in [7, 11) is 0. The Bertz CT molecular complexity index is 757. The minimum absolute atomic E-state index is 0.244. The second kappa shape index (κ2) is 5.10. The molecule has 1 aromatic carbocycles. The summed E-state index contributed by atoms with van der Waals surface area (Å²) < 4.78 is 2.26. The molecule has 0 saturated carbocycles. The van der Waals surface area contributed by atoms with Crippen LogP contribution < -0.4 is 0 Å². The van der Waals surface area contributed by atoms with Crippen molar-refractivity contribution in [1.29, 1.82) is 0 Å². The molecule has 1 atom stereocenters. The minimum atomic E-state index is 0.244. The molecule has 23 heavy (non-hydrogen) atoms. The summed E-state index contributed by atoms with van der Waals surface area (Å²) in [6.07, 6.45) is 5.70. The molecule has 1 amide bonds. The molecule has 4 nitrogen and oxygen atoms in total. The first-order valence-corrected chi connectivity index (χ1v) is 8.92. The van der Waals surface area contributed by atoms with Gasteiger partial charge in [0, 0.05) is 37.3 Å². The van der Waals surface area contributed by atoms with Crippen molar-refractivity contribution < 1.29 is 4.79 Å². The number of amides is 1. The first-order chi connectivity index (χ1) is 11.3. The number of aryl methyl sites for hydroxylation is 1. The van der Waals surface area contributed by atoms with E-state index in [-0.39, 0.29) is 5.91 Å². The van der Waals surface area contributed by atoms with Crippen LogP contribution in [0.2, 0.25) is 0 Å². The van der Waals surface area contributed by atoms with Gasteiger partial charge in [-0.1, -0.05) is 12.1 Å². The molecule has 4 heteroatoms. The lowest BCUT2D eigenvalue weighted by molar-refractivity contribution is 0.00658. The zero-order valence-electron chi connectivity index (χ0n) is 13.4. The summed E-state index contributed by atoms with van der Waals surface area (Å²) in [4.78, 5) is 18.1. The number of aromatic nitrogens is 1. The van der Waals surface area contributed by atoms with Gasteiger partial charge in [-0.3, -0.25) is 4.79 Å². The molecule has 5 heterocycles. The van der Waals surface area contributed by atoms with Crippen LogP contribution in [0.1, 0.15) is 29.6 Å². The molecule has 4 aliphatic rings. The largest absolute Gasteiger partial charge is 0.347 e. The second-order valence-corrected chi connectivity index (χ2v) is 7.31. The summed E-state index contributed by atoms with van der Waals surface area (Å²) in [5.74, 6) is 0.948. The Hall–Kier alpha value is -1.81. The summed E-state index contributed by atoms with van der Waals surface area (Å²) in [5.41, 5.74) is 2.02. The third-order valence-electron chi connectivity index (χ3n) is 6.10. The van der Waals surface area contributed by atoms with Crippen molar-refractivity contribution in [3.05, 3.63) is 36.0 Å². The molecule has 0 aliphatic carbocycles. The van der Waals surface area contributed by atoms with Gasteiger partial charge in [0.15, 0.2) is 0 Å². The van der Waals surface area contributed by atoms with Gasteiger partial charge in [0.25, 0.3) is 5.91 Å². The quantitative estimate of drug-likeness (QED) is 0.810. The van der Waals surface area contributed by atoms with Crippen LogP contribution >= 0.6 is 0 Å². The Morgan fingerprint density at radius 1 is 1.00 bits per heavy atom. The molecule has 1 unspecified atom stereocenters. The Balaban J connectivity index is 1.57. The first-order valence-electron chi connectivity index (χ1n) is 8.92. The van der Waals surface area contributed by atoms with Crippen LogP contribution in [-0.2, 0) is 6.54 Å². The summed E-state index contributed by atoms with van der Waals surface area (Å²) in [6.45, 7) is 5.42. The predicted molar refractivity (Wildman–Crippen MR) is 90.5 cm³/mol. The number of fused-ring (bicyclic) bond motifs is 3. The standard InChI is InChI=1S/C19H23N3O/c23-19-16-4-1-3-15-7-12-21(18(15)16)8-2-9-22(19)17-13-20-10-5-14(17)6-11-20/h1,3-4,7,12,14,17H,2,5-6,8-11,13H2. The molecule has 3 saturated heterocycles. The Morgan fingerprint density at radius 3 is 2.65 bits per heavy atom. The van der Waals surface area contributed by atoms with Crippen molar-refractivity contribution >= 4 is 16.8 Å². The van der Waals surface area contributed by atoms with E-state index in [1.807, 2.05) is 12.1 Å². The molecule has 6 rings (SSSR count). The van der Waals surface area contributed by atoms with E-state index in [1.165, 1.54) is 31.3 Å². The maximum Gasteiger partial charge on any atom is 0.256 e. The minimum Gasteiger partial charge on any atom is -0.347 e. The zero-order valence-corrected chi connectivity index (χ0v) is 13.4. The first kappa shape index (κ1) is 13.6. The van der Waals surface area contributed by atoms with Gasteiger partial charge in [0.1, 0.15) is 0 Å². The van der Waals surface area contributed by atoms with Gasteiger partial charge in [-0.25, -0.2) is 0 Å². The average molecular weight is 309 g/mol. The van der Waals surface area contributed by atoms with Gasteiger partial charge < -0.3 is 14.4 Å². The van der Waals surface area contributed by atoms with E-state index in [0.717, 1.165) is 37.1 Å². The summed E-state index contributed by atoms with van der Waals surface area (Å²) in [5, 5.41) is 1.19. The Labute approximate surface area is 136 Å². The molecule has 0 N–H and O–H groups in total. The molecule has 0 spiro atoms. The zero-order chi connectivity index (χ0) is 15.4. The lowest BCUT2D eigenvalue weighted by atomic mass is 9.82. The number of hydrogen-bond acceptors (Lipinski definition) is 2. The van der Waals surface area contributed by atoms with E-state index in [2.05, 4.69) is 32.7 Å². The molecule has 2 bridgehead atoms. The fraction of sp³-hybridized carbons (Fsp3) is 0.526. The number of carbonyl (C=O) groups excluding carboxylic acids is 1. The Kier molecular flexibility index (Phi) is 3.02. The van der Waals surface area contributed by atoms with Crippen molar-refractivity contribution in [2.45, 2.75) is 31.8 Å². The van der Waals surface area contributed by atoms with E-state index < -0.39 is 0 Å². The van der Waals surface area contributed by atoms with Gasteiger partial charge in [0.05, 0.1) is 11.1 Å². The highest BCUT2D eigenvalue weighted by atomic mass is 16.2. The second-order valence-electron chi connectivity index (χ2n) is 7.31. The van der Waals surface area contributed by atoms with Crippen LogP contribution in [0.4, 0.5) is 0 Å². The average Bonchev–Trinajstić information content (AvgIpc) is 3.01. The van der Waals surface area contributed by atoms with Crippen LogP contribution in [0.3, 0.4) is 0 Å². The van der Waals surface area contributed by atoms with Crippen molar-refractivity contribution in [1.82, 2.24) is 14.4 Å². The number of carbonyl (C=O) groups is 1. The van der Waals surface area contributed by atoms with Crippen LogP contribution in [0.25, 0.3) is 10.9 Å². The maximum atomic E-state index is 13.3. The van der Waals surface area contributed by atoms with E-state index in [0.29, 0.717) is 12.0 Å². The normalized spacial score (nSPS) is 30.5. The van der Waals surface area contributed by atoms with Crippen molar-refractivity contribution in [3.8, 4) is 0 Å². The van der Waals surface area contributed by atoms with Crippen molar-refractivity contribution in [2.75, 3.05) is 26.2 Å². The third-order valence-corrected chi connectivity index (χ3v) is 6.10. The SMILES string of the molecule is O=C1c2cccc3ccn(c23)CCCN1C1CN2CCC1CC2. The Morgan fingerprint density at radius 2 is 1.87 bits per heavy atom. The molecule has 4 aliphatic heterocycles. The number of rotatable bonds is 1. The topological polar surface area (TPSA) is 28.5 Å². The number of piperidine rings is 3. The van der Waals surface area contributed by atoms with E-state index >= 15 is 0 Å². The highest BCUT2D eigenvalue weighted by molar-refractivity contribution is 6.06. The summed E-state index contributed by atoms with van der Waals surface area (Å²) >= 11 is 0. The van der Waals surface area contributed by atoms with Crippen LogP contribution in [-0.4, -0.2) is 52.5 Å². The maximum absolute atomic E-state index is 13.3. The van der Waals surface area contributed by atoms with Crippen LogP contribution in [0.15, 0.2) is 30.5 Å². The number of hydrogen-bond donors (Lipinski definition) is 0. The van der Waals surface area contributed by atoms with E-state index in [1.54, 1.807) is 0 Å². The fourth-order valence-corrected chi connectivity index (χ4v) is 4.89. The molecule has 2 aromatic rings. The van der Waals surface area contributed by atoms with E-state index in [4.69, 9.17) is 0 Å². The molecule has 3 fully saturated rings. The molecule has 120 valence electrons. The van der Waals surface area contributed by atoms with Gasteiger partial charge in [-0.15, -0.1) is 0 Å². The monoisotopic (exact) mass is 309 g/mol. The number of benzene rings is 1. The predicted octanol–water partition coefficient (Wildman–Crippen LogP) is 2.58. The van der Waals surface area contributed by atoms with Gasteiger partial charge in [-0.2, -0.15) is 0 Å². The van der Waals surface area contributed by atoms with Gasteiger partial charge in [0.2, 0.25) is 0 Å². The number of para-hydroxylation sites is 1. The lowest BCUT2D eigenvalue weighted by Gasteiger charge is -2.49. The lowest BCUT2D eigenvalue weighted by Crippen LogP contribution is -2.59. The van der Waals surface area contributed by atoms with Crippen molar-refractivity contribution in [3.63, 3.8) is 0 Å². The highest BCUT2D eigenvalue weighted by Crippen LogP contribution is 2.33. The summed E-state index contributed by atoms with van der Waals surface area (Å²) in [6, 6.07) is 8.71. The van der Waals surface area contributed by atoms with Crippen LogP contribution in [0, 0.1) is 5.92 Å².